The molecular formula is C24H32F3N5O5. The van der Waals surface area contributed by atoms with Crippen LogP contribution in [0.3, 0.4) is 0 Å². The van der Waals surface area contributed by atoms with Crippen molar-refractivity contribution in [3.63, 3.8) is 0 Å². The van der Waals surface area contributed by atoms with E-state index in [0.717, 1.165) is 37.1 Å². The van der Waals surface area contributed by atoms with E-state index in [1.807, 2.05) is 51.4 Å². The average molecular weight is 528 g/mol. The van der Waals surface area contributed by atoms with Crippen LogP contribution in [0.1, 0.15) is 34.5 Å². The van der Waals surface area contributed by atoms with E-state index in [1.165, 1.54) is 0 Å². The minimum absolute atomic E-state index is 0.0729. The molecule has 4 heterocycles. The second-order valence-corrected chi connectivity index (χ2v) is 9.83. The second-order valence-electron chi connectivity index (χ2n) is 9.83. The number of fused-ring (bicyclic) bond motifs is 1. The fourth-order valence-electron chi connectivity index (χ4n) is 5.18. The van der Waals surface area contributed by atoms with Crippen LogP contribution < -0.4 is 0 Å². The Morgan fingerprint density at radius 3 is 2.46 bits per heavy atom. The van der Waals surface area contributed by atoms with Crippen LogP contribution in [0, 0.1) is 18.3 Å². The van der Waals surface area contributed by atoms with E-state index in [9.17, 15) is 22.8 Å². The van der Waals surface area contributed by atoms with E-state index >= 15 is 0 Å². The number of aryl methyl sites for hydroxylation is 2. The van der Waals surface area contributed by atoms with E-state index in [2.05, 4.69) is 10.00 Å². The molecule has 0 radical (unpaired) electrons. The number of rotatable bonds is 4. The first kappa shape index (κ1) is 28.2. The van der Waals surface area contributed by atoms with Gasteiger partial charge in [0, 0.05) is 77.1 Å². The summed E-state index contributed by atoms with van der Waals surface area (Å²) >= 11 is 0. The number of nitrogens with zero attached hydrogens (tertiary/aromatic N) is 5. The van der Waals surface area contributed by atoms with Gasteiger partial charge in [-0.25, -0.2) is 4.79 Å². The van der Waals surface area contributed by atoms with Gasteiger partial charge < -0.3 is 19.3 Å². The van der Waals surface area contributed by atoms with Crippen LogP contribution in [0.15, 0.2) is 29.1 Å². The van der Waals surface area contributed by atoms with Crippen molar-refractivity contribution in [1.82, 2.24) is 24.5 Å². The maximum atomic E-state index is 13.4. The Kier molecular flexibility index (Phi) is 8.35. The van der Waals surface area contributed by atoms with Crippen molar-refractivity contribution in [2.24, 2.45) is 18.4 Å². The molecule has 2 saturated heterocycles. The van der Waals surface area contributed by atoms with Crippen LogP contribution in [0.2, 0.25) is 0 Å². The van der Waals surface area contributed by atoms with Gasteiger partial charge in [0.05, 0.1) is 17.9 Å². The smallest absolute Gasteiger partial charge is 0.475 e. The Morgan fingerprint density at radius 1 is 1.27 bits per heavy atom. The van der Waals surface area contributed by atoms with E-state index < -0.39 is 17.6 Å². The SMILES string of the molecule is Cc1ccoc1C(=O)N1CCC[C@]2(C(=O)N(C)C)CN(Cc3cnn(C)c3)C[C@@H]2C1.O=C(O)C(F)(F)F. The third-order valence-corrected chi connectivity index (χ3v) is 6.84. The van der Waals surface area contributed by atoms with Crippen molar-refractivity contribution in [3.05, 3.63) is 41.6 Å². The molecule has 4 rings (SSSR count). The first-order chi connectivity index (χ1) is 17.2. The van der Waals surface area contributed by atoms with Crippen LogP contribution in [0.25, 0.3) is 0 Å². The van der Waals surface area contributed by atoms with Gasteiger partial charge in [-0.1, -0.05) is 0 Å². The zero-order valence-electron chi connectivity index (χ0n) is 21.3. The summed E-state index contributed by atoms with van der Waals surface area (Å²) < 4.78 is 39.0. The summed E-state index contributed by atoms with van der Waals surface area (Å²) in [5.41, 5.74) is 1.53. The minimum atomic E-state index is -5.08. The van der Waals surface area contributed by atoms with E-state index in [-0.39, 0.29) is 17.7 Å². The van der Waals surface area contributed by atoms with Crippen molar-refractivity contribution >= 4 is 17.8 Å². The molecule has 2 aromatic heterocycles. The summed E-state index contributed by atoms with van der Waals surface area (Å²) in [5, 5.41) is 11.4. The normalized spacial score (nSPS) is 22.0. The van der Waals surface area contributed by atoms with Crippen molar-refractivity contribution in [3.8, 4) is 0 Å². The molecule has 10 nitrogen and oxygen atoms in total. The largest absolute Gasteiger partial charge is 0.490 e. The number of amides is 2. The Bertz CT molecular complexity index is 1130. The number of likely N-dealkylation sites (tertiary alicyclic amines) is 2. The molecule has 0 aromatic carbocycles. The average Bonchev–Trinajstić information content (AvgIpc) is 3.48. The second kappa shape index (κ2) is 11.0. The zero-order chi connectivity index (χ0) is 27.5. The summed E-state index contributed by atoms with van der Waals surface area (Å²) in [4.78, 5) is 41.3. The molecule has 2 amide bonds. The number of alkyl halides is 3. The lowest BCUT2D eigenvalue weighted by Gasteiger charge is -2.34. The maximum Gasteiger partial charge on any atom is 0.490 e. The number of halogens is 3. The van der Waals surface area contributed by atoms with Crippen molar-refractivity contribution in [2.75, 3.05) is 40.3 Å². The lowest BCUT2D eigenvalue weighted by atomic mass is 9.74. The first-order valence-corrected chi connectivity index (χ1v) is 11.8. The molecule has 2 fully saturated rings. The molecule has 0 aliphatic carbocycles. The van der Waals surface area contributed by atoms with E-state index in [1.54, 1.807) is 15.8 Å². The van der Waals surface area contributed by atoms with Crippen LogP contribution in [-0.4, -0.2) is 93.8 Å². The molecule has 13 heteroatoms. The summed E-state index contributed by atoms with van der Waals surface area (Å²) in [6.07, 6.45) is 1.97. The van der Waals surface area contributed by atoms with Crippen molar-refractivity contribution in [2.45, 2.75) is 32.5 Å². The highest BCUT2D eigenvalue weighted by atomic mass is 19.4. The third kappa shape index (κ3) is 6.32. The maximum absolute atomic E-state index is 13.4. The summed E-state index contributed by atoms with van der Waals surface area (Å²) in [7, 11) is 5.57. The molecule has 37 heavy (non-hydrogen) atoms. The molecular weight excluding hydrogens is 495 g/mol. The fraction of sp³-hybridized carbons (Fsp3) is 0.583. The number of aliphatic carboxylic acids is 1. The monoisotopic (exact) mass is 527 g/mol. The predicted molar refractivity (Wildman–Crippen MR) is 125 cm³/mol. The highest BCUT2D eigenvalue weighted by Gasteiger charge is 2.54. The number of carboxylic acids is 1. The fourth-order valence-corrected chi connectivity index (χ4v) is 5.18. The molecule has 2 aromatic rings. The van der Waals surface area contributed by atoms with Gasteiger partial charge in [0.15, 0.2) is 5.76 Å². The van der Waals surface area contributed by atoms with Crippen LogP contribution in [0.4, 0.5) is 13.2 Å². The van der Waals surface area contributed by atoms with Gasteiger partial charge in [0.1, 0.15) is 0 Å². The van der Waals surface area contributed by atoms with Crippen LogP contribution in [0.5, 0.6) is 0 Å². The molecule has 1 N–H and O–H groups in total. The molecule has 2 aliphatic heterocycles. The Hall–Kier alpha value is -3.35. The number of carbonyl (C=O) groups is 3. The Morgan fingerprint density at radius 2 is 1.95 bits per heavy atom. The summed E-state index contributed by atoms with van der Waals surface area (Å²) in [6, 6.07) is 1.82. The zero-order valence-corrected chi connectivity index (χ0v) is 21.3. The van der Waals surface area contributed by atoms with Crippen molar-refractivity contribution in [1.29, 1.82) is 0 Å². The molecule has 2 atom stereocenters. The molecule has 0 unspecified atom stereocenters. The first-order valence-electron chi connectivity index (χ1n) is 11.8. The van der Waals surface area contributed by atoms with Gasteiger partial charge in [-0.3, -0.25) is 19.2 Å². The Labute approximate surface area is 212 Å². The molecule has 2 aliphatic rings. The quantitative estimate of drug-likeness (QED) is 0.650. The van der Waals surface area contributed by atoms with Gasteiger partial charge in [-0.15, -0.1) is 0 Å². The molecule has 0 saturated carbocycles. The predicted octanol–water partition coefficient (Wildman–Crippen LogP) is 2.40. The third-order valence-electron chi connectivity index (χ3n) is 6.84. The highest BCUT2D eigenvalue weighted by molar-refractivity contribution is 5.93. The van der Waals surface area contributed by atoms with Crippen molar-refractivity contribution < 1.29 is 37.1 Å². The molecule has 204 valence electrons. The summed E-state index contributed by atoms with van der Waals surface area (Å²) in [5.74, 6) is -2.16. The highest BCUT2D eigenvalue weighted by Crippen LogP contribution is 2.44. The number of furan rings is 1. The topological polar surface area (TPSA) is 112 Å². The van der Waals surface area contributed by atoms with E-state index in [4.69, 9.17) is 14.3 Å². The number of aromatic nitrogens is 2. The van der Waals surface area contributed by atoms with E-state index in [0.29, 0.717) is 25.4 Å². The number of carboxylic acid groups (broad SMARTS) is 1. The van der Waals surface area contributed by atoms with Gasteiger partial charge in [0.2, 0.25) is 5.91 Å². The number of carbonyl (C=O) groups excluding carboxylic acids is 2. The minimum Gasteiger partial charge on any atom is -0.475 e. The van der Waals surface area contributed by atoms with Crippen LogP contribution in [-0.2, 0) is 23.2 Å². The van der Waals surface area contributed by atoms with Gasteiger partial charge >= 0.3 is 12.1 Å². The standard InChI is InChI=1S/C22H31N5O3.C2HF3O2/c1-16-6-9-30-19(16)20(28)27-8-5-7-22(21(29)24(2)3)15-26(13-18(22)14-27)12-17-10-23-25(4)11-17;3-2(4,5)1(6)7/h6,9-11,18H,5,7-8,12-15H2,1-4H3;(H,6,7)/t18-,22+;/m1./s1. The Balaban J connectivity index is 0.000000479. The molecule has 0 spiro atoms. The number of hydrogen-bond donors (Lipinski definition) is 1. The summed E-state index contributed by atoms with van der Waals surface area (Å²) in [6.45, 7) is 5.38. The van der Waals surface area contributed by atoms with Gasteiger partial charge in [-0.2, -0.15) is 18.3 Å². The van der Waals surface area contributed by atoms with Gasteiger partial charge in [0.25, 0.3) is 5.91 Å². The number of hydrogen-bond acceptors (Lipinski definition) is 6. The lowest BCUT2D eigenvalue weighted by molar-refractivity contribution is -0.192. The van der Waals surface area contributed by atoms with Gasteiger partial charge in [-0.05, 0) is 25.8 Å². The molecule has 0 bridgehead atoms. The van der Waals surface area contributed by atoms with Crippen LogP contribution >= 0.6 is 0 Å². The lowest BCUT2D eigenvalue weighted by Crippen LogP contribution is -2.47.